The first-order valence-electron chi connectivity index (χ1n) is 10.5. The SMILES string of the molecule is CC(=O)N1c2c(C)cc(C)cc2-c2nnc(SCC(C)C)nc2O[C@@H]1c1cccc(F)c1. The first-order valence-corrected chi connectivity index (χ1v) is 11.4. The predicted octanol–water partition coefficient (Wildman–Crippen LogP) is 5.49. The van der Waals surface area contributed by atoms with Crippen LogP contribution in [0.1, 0.15) is 43.7 Å². The summed E-state index contributed by atoms with van der Waals surface area (Å²) in [6.07, 6.45) is -0.899. The van der Waals surface area contributed by atoms with E-state index in [9.17, 15) is 9.18 Å². The Morgan fingerprint density at radius 1 is 1.22 bits per heavy atom. The number of hydrogen-bond donors (Lipinski definition) is 0. The number of thioether (sulfide) groups is 1. The number of carbonyl (C=O) groups is 1. The molecule has 1 amide bonds. The third-order valence-corrected chi connectivity index (χ3v) is 6.32. The minimum Gasteiger partial charge on any atom is -0.447 e. The quantitative estimate of drug-likeness (QED) is 0.488. The summed E-state index contributed by atoms with van der Waals surface area (Å²) >= 11 is 1.50. The summed E-state index contributed by atoms with van der Waals surface area (Å²) in [4.78, 5) is 19.1. The smallest absolute Gasteiger partial charge is 0.247 e. The van der Waals surface area contributed by atoms with Crippen LogP contribution in [-0.2, 0) is 4.79 Å². The van der Waals surface area contributed by atoms with Gasteiger partial charge < -0.3 is 4.74 Å². The molecule has 0 N–H and O–H groups in total. The van der Waals surface area contributed by atoms with Crippen LogP contribution in [0.4, 0.5) is 10.1 Å². The van der Waals surface area contributed by atoms with Gasteiger partial charge in [0.1, 0.15) is 5.82 Å². The average molecular weight is 453 g/mol. The summed E-state index contributed by atoms with van der Waals surface area (Å²) in [5.41, 5.74) is 4.25. The highest BCUT2D eigenvalue weighted by Crippen LogP contribution is 2.45. The van der Waals surface area contributed by atoms with Crippen molar-refractivity contribution in [2.24, 2.45) is 5.92 Å². The average Bonchev–Trinajstić information content (AvgIpc) is 2.87. The van der Waals surface area contributed by atoms with Crippen molar-refractivity contribution in [3.8, 4) is 17.1 Å². The number of rotatable bonds is 4. The van der Waals surface area contributed by atoms with Gasteiger partial charge in [-0.05, 0) is 43.5 Å². The van der Waals surface area contributed by atoms with Crippen LogP contribution in [0.2, 0.25) is 0 Å². The fourth-order valence-electron chi connectivity index (χ4n) is 3.79. The van der Waals surface area contributed by atoms with Crippen LogP contribution in [0.25, 0.3) is 11.3 Å². The minimum atomic E-state index is -0.899. The van der Waals surface area contributed by atoms with Gasteiger partial charge in [-0.2, -0.15) is 4.98 Å². The Kier molecular flexibility index (Phi) is 6.15. The van der Waals surface area contributed by atoms with Gasteiger partial charge in [-0.3, -0.25) is 9.69 Å². The van der Waals surface area contributed by atoms with E-state index in [0.29, 0.717) is 33.6 Å². The van der Waals surface area contributed by atoms with Gasteiger partial charge in [0.15, 0.2) is 5.69 Å². The molecule has 0 saturated heterocycles. The number of aromatic nitrogens is 3. The summed E-state index contributed by atoms with van der Waals surface area (Å²) in [5, 5.41) is 9.25. The summed E-state index contributed by atoms with van der Waals surface area (Å²) in [6, 6.07) is 10.0. The third kappa shape index (κ3) is 4.32. The molecule has 2 heterocycles. The number of nitrogens with zero attached hydrogens (tertiary/aromatic N) is 4. The second kappa shape index (κ2) is 8.86. The lowest BCUT2D eigenvalue weighted by atomic mass is 10.00. The third-order valence-electron chi connectivity index (χ3n) is 5.05. The van der Waals surface area contributed by atoms with Gasteiger partial charge >= 0.3 is 0 Å². The van der Waals surface area contributed by atoms with E-state index in [0.717, 1.165) is 16.9 Å². The molecular weight excluding hydrogens is 427 g/mol. The van der Waals surface area contributed by atoms with Crippen LogP contribution in [-0.4, -0.2) is 26.8 Å². The predicted molar refractivity (Wildman–Crippen MR) is 123 cm³/mol. The van der Waals surface area contributed by atoms with Crippen LogP contribution in [0, 0.1) is 25.6 Å². The molecule has 0 radical (unpaired) electrons. The molecule has 0 unspecified atom stereocenters. The Morgan fingerprint density at radius 3 is 2.69 bits per heavy atom. The second-order valence-corrected chi connectivity index (χ2v) is 9.33. The second-order valence-electron chi connectivity index (χ2n) is 8.35. The lowest BCUT2D eigenvalue weighted by Crippen LogP contribution is -2.36. The molecule has 8 heteroatoms. The van der Waals surface area contributed by atoms with E-state index in [1.54, 1.807) is 17.0 Å². The van der Waals surface area contributed by atoms with Gasteiger partial charge in [-0.25, -0.2) is 4.39 Å². The first-order chi connectivity index (χ1) is 15.2. The first kappa shape index (κ1) is 22.2. The molecule has 1 aromatic heterocycles. The number of hydrogen-bond acceptors (Lipinski definition) is 6. The molecule has 6 nitrogen and oxygen atoms in total. The fraction of sp³-hybridized carbons (Fsp3) is 0.333. The van der Waals surface area contributed by atoms with Crippen molar-refractivity contribution in [3.63, 3.8) is 0 Å². The zero-order valence-electron chi connectivity index (χ0n) is 18.7. The van der Waals surface area contributed by atoms with Crippen molar-refractivity contribution in [2.45, 2.75) is 46.0 Å². The molecule has 0 bridgehead atoms. The molecule has 1 atom stereocenters. The number of anilines is 1. The van der Waals surface area contributed by atoms with Crippen LogP contribution >= 0.6 is 11.8 Å². The van der Waals surface area contributed by atoms with E-state index in [2.05, 4.69) is 29.0 Å². The van der Waals surface area contributed by atoms with Gasteiger partial charge in [0.05, 0.1) is 5.69 Å². The molecular formula is C24H25FN4O2S. The van der Waals surface area contributed by atoms with Crippen molar-refractivity contribution < 1.29 is 13.9 Å². The molecule has 0 saturated carbocycles. The molecule has 32 heavy (non-hydrogen) atoms. The number of halogens is 1. The molecule has 0 fully saturated rings. The standard InChI is InChI=1S/C24H25FN4O2S/c1-13(2)12-32-24-26-22-20(27-28-24)19-10-14(3)9-15(4)21(19)29(16(5)30)23(31-22)17-7-6-8-18(25)11-17/h6-11,13,23H,12H2,1-5H3/t23-/m1/s1. The Hall–Kier alpha value is -3.00. The Bertz CT molecular complexity index is 1180. The highest BCUT2D eigenvalue weighted by atomic mass is 32.2. The fourth-order valence-corrected chi connectivity index (χ4v) is 4.52. The molecule has 1 aliphatic heterocycles. The Morgan fingerprint density at radius 2 is 2.00 bits per heavy atom. The van der Waals surface area contributed by atoms with E-state index in [-0.39, 0.29) is 11.8 Å². The number of carbonyl (C=O) groups excluding carboxylic acids is 1. The normalized spacial score (nSPS) is 15.1. The van der Waals surface area contributed by atoms with E-state index in [1.165, 1.54) is 30.8 Å². The van der Waals surface area contributed by atoms with Crippen molar-refractivity contribution in [2.75, 3.05) is 10.7 Å². The lowest BCUT2D eigenvalue weighted by Gasteiger charge is -2.31. The van der Waals surface area contributed by atoms with E-state index in [4.69, 9.17) is 4.74 Å². The van der Waals surface area contributed by atoms with Crippen molar-refractivity contribution >= 4 is 23.4 Å². The lowest BCUT2D eigenvalue weighted by molar-refractivity contribution is -0.118. The highest BCUT2D eigenvalue weighted by molar-refractivity contribution is 7.99. The number of ether oxygens (including phenoxy) is 1. The zero-order valence-corrected chi connectivity index (χ0v) is 19.5. The molecule has 166 valence electrons. The summed E-state index contributed by atoms with van der Waals surface area (Å²) in [7, 11) is 0. The number of amides is 1. The van der Waals surface area contributed by atoms with Gasteiger partial charge in [-0.15, -0.1) is 10.2 Å². The molecule has 0 aliphatic carbocycles. The van der Waals surface area contributed by atoms with Gasteiger partial charge in [-0.1, -0.05) is 49.4 Å². The van der Waals surface area contributed by atoms with Gasteiger partial charge in [0, 0.05) is 23.8 Å². The number of benzene rings is 2. The van der Waals surface area contributed by atoms with E-state index >= 15 is 0 Å². The van der Waals surface area contributed by atoms with E-state index in [1.807, 2.05) is 26.0 Å². The van der Waals surface area contributed by atoms with Crippen LogP contribution < -0.4 is 9.64 Å². The van der Waals surface area contributed by atoms with Crippen molar-refractivity contribution in [1.29, 1.82) is 0 Å². The van der Waals surface area contributed by atoms with E-state index < -0.39 is 12.0 Å². The van der Waals surface area contributed by atoms with Gasteiger partial charge in [0.2, 0.25) is 23.2 Å². The van der Waals surface area contributed by atoms with Crippen LogP contribution in [0.15, 0.2) is 41.6 Å². The van der Waals surface area contributed by atoms with Crippen LogP contribution in [0.3, 0.4) is 0 Å². The maximum absolute atomic E-state index is 14.1. The molecule has 3 aromatic rings. The van der Waals surface area contributed by atoms with Crippen molar-refractivity contribution in [1.82, 2.24) is 15.2 Å². The highest BCUT2D eigenvalue weighted by Gasteiger charge is 2.36. The molecule has 4 rings (SSSR count). The monoisotopic (exact) mass is 452 g/mol. The maximum atomic E-state index is 14.1. The Labute approximate surface area is 191 Å². The topological polar surface area (TPSA) is 68.2 Å². The number of fused-ring (bicyclic) bond motifs is 3. The summed E-state index contributed by atoms with van der Waals surface area (Å²) in [6.45, 7) is 9.62. The minimum absolute atomic E-state index is 0.234. The van der Waals surface area contributed by atoms with Crippen molar-refractivity contribution in [3.05, 3.63) is 58.9 Å². The van der Waals surface area contributed by atoms with Crippen LogP contribution in [0.5, 0.6) is 5.88 Å². The zero-order chi connectivity index (χ0) is 23.0. The largest absolute Gasteiger partial charge is 0.447 e. The molecule has 0 spiro atoms. The molecule has 2 aromatic carbocycles. The molecule has 1 aliphatic rings. The number of aryl methyl sites for hydroxylation is 2. The maximum Gasteiger partial charge on any atom is 0.247 e. The summed E-state index contributed by atoms with van der Waals surface area (Å²) < 4.78 is 20.4. The summed E-state index contributed by atoms with van der Waals surface area (Å²) in [5.74, 6) is 0.928. The van der Waals surface area contributed by atoms with Gasteiger partial charge in [0.25, 0.3) is 0 Å². The Balaban J connectivity index is 1.95.